The van der Waals surface area contributed by atoms with E-state index in [4.69, 9.17) is 9.47 Å². The van der Waals surface area contributed by atoms with Gasteiger partial charge >= 0.3 is 12.1 Å². The van der Waals surface area contributed by atoms with Gasteiger partial charge in [0.05, 0.1) is 19.6 Å². The first-order chi connectivity index (χ1) is 18.2. The Morgan fingerprint density at radius 1 is 1.11 bits per heavy atom. The summed E-state index contributed by atoms with van der Waals surface area (Å²) in [6.45, 7) is 3.20. The number of amides is 1. The van der Waals surface area contributed by atoms with Crippen LogP contribution in [0.2, 0.25) is 0 Å². The molecule has 10 heteroatoms. The van der Waals surface area contributed by atoms with E-state index >= 15 is 0 Å². The molecule has 1 amide bonds. The summed E-state index contributed by atoms with van der Waals surface area (Å²) in [6.07, 6.45) is -3.58. The number of alkyl halides is 3. The molecule has 4 rings (SSSR count). The van der Waals surface area contributed by atoms with E-state index in [-0.39, 0.29) is 37.0 Å². The summed E-state index contributed by atoms with van der Waals surface area (Å²) in [5.41, 5.74) is 2.40. The van der Waals surface area contributed by atoms with Gasteiger partial charge in [-0.2, -0.15) is 13.2 Å². The van der Waals surface area contributed by atoms with Crippen molar-refractivity contribution in [1.29, 1.82) is 0 Å². The second kappa shape index (κ2) is 12.0. The lowest BCUT2D eigenvalue weighted by Crippen LogP contribution is -2.38. The van der Waals surface area contributed by atoms with E-state index in [2.05, 4.69) is 0 Å². The molecule has 6 nitrogen and oxygen atoms in total. The Kier molecular flexibility index (Phi) is 8.73. The SMILES string of the molecule is CCOC(=O)CCN(C)CC(=O)N1CCc2cc(OCc3cc(-c4ccccc4)c(C(F)(F)F)s3)ccc21. The number of thiophene rings is 1. The Hall–Kier alpha value is -3.37. The second-order valence-electron chi connectivity index (χ2n) is 8.99. The van der Waals surface area contributed by atoms with Gasteiger partial charge in [0, 0.05) is 29.2 Å². The third kappa shape index (κ3) is 6.73. The molecule has 3 aromatic rings. The lowest BCUT2D eigenvalue weighted by atomic mass is 10.1. The molecule has 1 aliphatic heterocycles. The highest BCUT2D eigenvalue weighted by molar-refractivity contribution is 7.12. The number of fused-ring (bicyclic) bond motifs is 1. The number of carbonyl (C=O) groups is 2. The van der Waals surface area contributed by atoms with Crippen molar-refractivity contribution in [2.75, 3.05) is 38.2 Å². The Morgan fingerprint density at radius 2 is 1.87 bits per heavy atom. The summed E-state index contributed by atoms with van der Waals surface area (Å²) in [6, 6.07) is 15.4. The highest BCUT2D eigenvalue weighted by atomic mass is 32.1. The molecular formula is C28H29F3N2O4S. The molecule has 0 radical (unpaired) electrons. The fraction of sp³-hybridized carbons (Fsp3) is 0.357. The Balaban J connectivity index is 1.38. The van der Waals surface area contributed by atoms with Crippen molar-refractivity contribution in [3.8, 4) is 16.9 Å². The van der Waals surface area contributed by atoms with Crippen LogP contribution in [0.15, 0.2) is 54.6 Å². The molecule has 0 fully saturated rings. The minimum atomic E-state index is -4.45. The lowest BCUT2D eigenvalue weighted by Gasteiger charge is -2.22. The molecule has 0 saturated carbocycles. The zero-order chi connectivity index (χ0) is 27.3. The van der Waals surface area contributed by atoms with Crippen molar-refractivity contribution in [2.45, 2.75) is 32.5 Å². The van der Waals surface area contributed by atoms with Crippen molar-refractivity contribution in [3.63, 3.8) is 0 Å². The minimum Gasteiger partial charge on any atom is -0.488 e. The van der Waals surface area contributed by atoms with Crippen molar-refractivity contribution in [1.82, 2.24) is 4.90 Å². The molecule has 2 aromatic carbocycles. The number of hydrogen-bond acceptors (Lipinski definition) is 6. The molecule has 0 bridgehead atoms. The van der Waals surface area contributed by atoms with Gasteiger partial charge in [0.15, 0.2) is 0 Å². The molecular weight excluding hydrogens is 517 g/mol. The molecule has 0 aliphatic carbocycles. The van der Waals surface area contributed by atoms with Gasteiger partial charge < -0.3 is 14.4 Å². The first-order valence-electron chi connectivity index (χ1n) is 12.3. The van der Waals surface area contributed by atoms with Crippen LogP contribution in [0.3, 0.4) is 0 Å². The van der Waals surface area contributed by atoms with E-state index in [1.165, 1.54) is 6.07 Å². The number of esters is 1. The number of rotatable bonds is 10. The average Bonchev–Trinajstić information content (AvgIpc) is 3.51. The van der Waals surface area contributed by atoms with E-state index in [0.29, 0.717) is 53.6 Å². The molecule has 38 heavy (non-hydrogen) atoms. The van der Waals surface area contributed by atoms with Crippen LogP contribution in [0.1, 0.15) is 28.7 Å². The number of nitrogens with zero attached hydrogens (tertiary/aromatic N) is 2. The summed E-state index contributed by atoms with van der Waals surface area (Å²) < 4.78 is 51.8. The van der Waals surface area contributed by atoms with Gasteiger partial charge in [0.25, 0.3) is 0 Å². The quantitative estimate of drug-likeness (QED) is 0.302. The number of hydrogen-bond donors (Lipinski definition) is 0. The number of halogens is 3. The Bertz CT molecular complexity index is 1280. The van der Waals surface area contributed by atoms with Gasteiger partial charge in [-0.25, -0.2) is 0 Å². The lowest BCUT2D eigenvalue weighted by molar-refractivity contribution is -0.143. The van der Waals surface area contributed by atoms with Gasteiger partial charge in [-0.15, -0.1) is 11.3 Å². The zero-order valence-corrected chi connectivity index (χ0v) is 22.0. The Morgan fingerprint density at radius 3 is 2.58 bits per heavy atom. The maximum absolute atomic E-state index is 13.7. The molecule has 0 spiro atoms. The van der Waals surface area contributed by atoms with Crippen LogP contribution in [0.5, 0.6) is 5.75 Å². The minimum absolute atomic E-state index is 0.00721. The van der Waals surface area contributed by atoms with Gasteiger partial charge in [-0.3, -0.25) is 14.5 Å². The van der Waals surface area contributed by atoms with Crippen molar-refractivity contribution >= 4 is 28.9 Å². The summed E-state index contributed by atoms with van der Waals surface area (Å²) in [4.78, 5) is 27.7. The van der Waals surface area contributed by atoms with Crippen LogP contribution in [0.4, 0.5) is 18.9 Å². The molecule has 202 valence electrons. The topological polar surface area (TPSA) is 59.1 Å². The third-order valence-electron chi connectivity index (χ3n) is 6.16. The predicted molar refractivity (Wildman–Crippen MR) is 140 cm³/mol. The van der Waals surface area contributed by atoms with E-state index in [1.807, 2.05) is 6.07 Å². The molecule has 0 unspecified atom stereocenters. The first-order valence-corrected chi connectivity index (χ1v) is 13.1. The van der Waals surface area contributed by atoms with Crippen molar-refractivity contribution in [3.05, 3.63) is 69.9 Å². The normalized spacial score (nSPS) is 13.1. The molecule has 2 heterocycles. The number of carbonyl (C=O) groups excluding carboxylic acids is 2. The van der Waals surface area contributed by atoms with Gasteiger partial charge in [-0.1, -0.05) is 30.3 Å². The van der Waals surface area contributed by atoms with Crippen LogP contribution in [0.25, 0.3) is 11.1 Å². The average molecular weight is 547 g/mol. The summed E-state index contributed by atoms with van der Waals surface area (Å²) >= 11 is 0.688. The first kappa shape index (κ1) is 27.7. The zero-order valence-electron chi connectivity index (χ0n) is 21.2. The summed E-state index contributed by atoms with van der Waals surface area (Å²) in [5, 5.41) is 0. The number of anilines is 1. The number of ether oxygens (including phenoxy) is 2. The van der Waals surface area contributed by atoms with Crippen LogP contribution >= 0.6 is 11.3 Å². The monoisotopic (exact) mass is 546 g/mol. The number of likely N-dealkylation sites (N-methyl/N-ethyl adjacent to an activating group) is 1. The van der Waals surface area contributed by atoms with Crippen LogP contribution in [0, 0.1) is 0 Å². The second-order valence-corrected chi connectivity index (χ2v) is 10.1. The largest absolute Gasteiger partial charge is 0.488 e. The summed E-state index contributed by atoms with van der Waals surface area (Å²) in [5.74, 6) is 0.169. The third-order valence-corrected chi connectivity index (χ3v) is 7.32. The van der Waals surface area contributed by atoms with E-state index in [1.54, 1.807) is 66.2 Å². The fourth-order valence-electron chi connectivity index (χ4n) is 4.35. The van der Waals surface area contributed by atoms with E-state index in [0.717, 1.165) is 11.3 Å². The smallest absolute Gasteiger partial charge is 0.426 e. The maximum Gasteiger partial charge on any atom is 0.426 e. The molecule has 0 N–H and O–H groups in total. The van der Waals surface area contributed by atoms with Gasteiger partial charge in [-0.05, 0) is 55.8 Å². The van der Waals surface area contributed by atoms with Gasteiger partial charge in [0.1, 0.15) is 17.2 Å². The fourth-order valence-corrected chi connectivity index (χ4v) is 5.31. The highest BCUT2D eigenvalue weighted by Gasteiger charge is 2.36. The summed E-state index contributed by atoms with van der Waals surface area (Å²) in [7, 11) is 1.78. The van der Waals surface area contributed by atoms with Gasteiger partial charge in [0.2, 0.25) is 5.91 Å². The van der Waals surface area contributed by atoms with Crippen LogP contribution in [-0.2, 0) is 33.5 Å². The molecule has 1 aromatic heterocycles. The Labute approximate surface area is 223 Å². The molecule has 1 aliphatic rings. The van der Waals surface area contributed by atoms with Crippen LogP contribution < -0.4 is 9.64 Å². The van der Waals surface area contributed by atoms with E-state index in [9.17, 15) is 22.8 Å². The molecule has 0 atom stereocenters. The number of benzene rings is 2. The van der Waals surface area contributed by atoms with E-state index < -0.39 is 11.1 Å². The maximum atomic E-state index is 13.7. The highest BCUT2D eigenvalue weighted by Crippen LogP contribution is 2.43. The standard InChI is InChI=1S/C28H29F3N2O4S/c1-3-36-26(35)12-13-32(2)17-25(34)33-14-11-20-15-21(9-10-24(20)33)37-18-22-16-23(19-7-5-4-6-8-19)27(38-22)28(29,30)31/h4-10,15-16H,3,11-14,17-18H2,1-2H3. The predicted octanol–water partition coefficient (Wildman–Crippen LogP) is 5.79. The molecule has 0 saturated heterocycles. The van der Waals surface area contributed by atoms with Crippen molar-refractivity contribution in [2.24, 2.45) is 0 Å². The van der Waals surface area contributed by atoms with Crippen LogP contribution in [-0.4, -0.2) is 50.1 Å². The van der Waals surface area contributed by atoms with Crippen molar-refractivity contribution < 1.29 is 32.2 Å².